The summed E-state index contributed by atoms with van der Waals surface area (Å²) < 4.78 is 5.74. The SMILES string of the molecule is CC(C)(C)C1NNCC1CNC1CCOc2ccccc21. The highest BCUT2D eigenvalue weighted by Gasteiger charge is 2.36. The summed E-state index contributed by atoms with van der Waals surface area (Å²) in [5, 5.41) is 3.76. The normalized spacial score (nSPS) is 29.0. The molecule has 2 heterocycles. The maximum absolute atomic E-state index is 5.74. The van der Waals surface area contributed by atoms with Crippen molar-refractivity contribution >= 4 is 0 Å². The molecule has 4 nitrogen and oxygen atoms in total. The van der Waals surface area contributed by atoms with Crippen molar-refractivity contribution in [1.82, 2.24) is 16.2 Å². The highest BCUT2D eigenvalue weighted by molar-refractivity contribution is 5.37. The Bertz CT molecular complexity index is 483. The predicted molar refractivity (Wildman–Crippen MR) is 85.2 cm³/mol. The second kappa shape index (κ2) is 5.95. The van der Waals surface area contributed by atoms with Crippen molar-refractivity contribution in [1.29, 1.82) is 0 Å². The molecule has 0 spiro atoms. The van der Waals surface area contributed by atoms with E-state index < -0.39 is 0 Å². The van der Waals surface area contributed by atoms with Crippen LogP contribution in [0.4, 0.5) is 0 Å². The van der Waals surface area contributed by atoms with Crippen LogP contribution in [0.2, 0.25) is 0 Å². The Balaban J connectivity index is 1.64. The van der Waals surface area contributed by atoms with Crippen molar-refractivity contribution in [2.45, 2.75) is 39.3 Å². The molecule has 2 aliphatic heterocycles. The van der Waals surface area contributed by atoms with Crippen molar-refractivity contribution in [2.75, 3.05) is 19.7 Å². The van der Waals surface area contributed by atoms with Crippen LogP contribution in [0.1, 0.15) is 38.8 Å². The van der Waals surface area contributed by atoms with Crippen LogP contribution in [0.3, 0.4) is 0 Å². The first-order chi connectivity index (χ1) is 10.1. The van der Waals surface area contributed by atoms with Gasteiger partial charge in [-0.2, -0.15) is 0 Å². The smallest absolute Gasteiger partial charge is 0.124 e. The van der Waals surface area contributed by atoms with Gasteiger partial charge in [0.05, 0.1) is 6.61 Å². The van der Waals surface area contributed by atoms with Crippen LogP contribution in [0, 0.1) is 11.3 Å². The summed E-state index contributed by atoms with van der Waals surface area (Å²) in [7, 11) is 0. The first-order valence-electron chi connectivity index (χ1n) is 7.99. The van der Waals surface area contributed by atoms with Crippen molar-refractivity contribution in [3.63, 3.8) is 0 Å². The lowest BCUT2D eigenvalue weighted by atomic mass is 9.80. The van der Waals surface area contributed by atoms with E-state index in [9.17, 15) is 0 Å². The van der Waals surface area contributed by atoms with Gasteiger partial charge in [0.2, 0.25) is 0 Å². The lowest BCUT2D eigenvalue weighted by Gasteiger charge is -2.33. The van der Waals surface area contributed by atoms with Crippen LogP contribution < -0.4 is 20.9 Å². The highest BCUT2D eigenvalue weighted by Crippen LogP contribution is 2.32. The molecule has 3 unspecified atom stereocenters. The first-order valence-corrected chi connectivity index (χ1v) is 7.99. The molecule has 1 fully saturated rings. The van der Waals surface area contributed by atoms with Gasteiger partial charge in [-0.05, 0) is 11.5 Å². The second-order valence-corrected chi connectivity index (χ2v) is 7.26. The van der Waals surface area contributed by atoms with Crippen LogP contribution in [-0.2, 0) is 0 Å². The van der Waals surface area contributed by atoms with Crippen LogP contribution in [0.5, 0.6) is 5.75 Å². The number of fused-ring (bicyclic) bond motifs is 1. The number of nitrogens with one attached hydrogen (secondary N) is 3. The molecule has 2 aliphatic rings. The van der Waals surface area contributed by atoms with Gasteiger partial charge in [-0.15, -0.1) is 0 Å². The zero-order valence-electron chi connectivity index (χ0n) is 13.3. The molecule has 0 amide bonds. The van der Waals surface area contributed by atoms with Gasteiger partial charge >= 0.3 is 0 Å². The molecule has 3 N–H and O–H groups in total. The van der Waals surface area contributed by atoms with Crippen molar-refractivity contribution < 1.29 is 4.74 Å². The zero-order valence-corrected chi connectivity index (χ0v) is 13.3. The molecule has 0 bridgehead atoms. The van der Waals surface area contributed by atoms with Crippen molar-refractivity contribution in [2.24, 2.45) is 11.3 Å². The maximum Gasteiger partial charge on any atom is 0.124 e. The Kier molecular flexibility index (Phi) is 4.20. The third-order valence-corrected chi connectivity index (χ3v) is 4.61. The monoisotopic (exact) mass is 289 g/mol. The molecule has 0 aromatic heterocycles. The predicted octanol–water partition coefficient (Wildman–Crippen LogP) is 2.24. The van der Waals surface area contributed by atoms with E-state index in [2.05, 4.69) is 55.1 Å². The molecular weight excluding hydrogens is 262 g/mol. The minimum atomic E-state index is 0.267. The molecule has 1 saturated heterocycles. The summed E-state index contributed by atoms with van der Waals surface area (Å²) in [6, 6.07) is 9.30. The Labute approximate surface area is 127 Å². The Morgan fingerprint density at radius 3 is 2.90 bits per heavy atom. The molecule has 1 aromatic carbocycles. The van der Waals surface area contributed by atoms with Gasteiger partial charge < -0.3 is 10.1 Å². The summed E-state index contributed by atoms with van der Waals surface area (Å²) in [5.74, 6) is 1.65. The van der Waals surface area contributed by atoms with Gasteiger partial charge in [-0.25, -0.2) is 0 Å². The largest absolute Gasteiger partial charge is 0.493 e. The van der Waals surface area contributed by atoms with Gasteiger partial charge in [0.15, 0.2) is 0 Å². The molecule has 0 radical (unpaired) electrons. The lowest BCUT2D eigenvalue weighted by Crippen LogP contribution is -2.45. The number of hydrazine groups is 1. The summed E-state index contributed by atoms with van der Waals surface area (Å²) in [6.07, 6.45) is 1.05. The number of ether oxygens (including phenoxy) is 1. The lowest BCUT2D eigenvalue weighted by molar-refractivity contribution is 0.217. The van der Waals surface area contributed by atoms with Gasteiger partial charge in [0, 0.05) is 43.1 Å². The molecule has 4 heteroatoms. The first kappa shape index (κ1) is 14.8. The van der Waals surface area contributed by atoms with Gasteiger partial charge in [0.1, 0.15) is 5.75 Å². The molecule has 0 saturated carbocycles. The number of benzene rings is 1. The van der Waals surface area contributed by atoms with E-state index in [4.69, 9.17) is 4.74 Å². The third-order valence-electron chi connectivity index (χ3n) is 4.61. The summed E-state index contributed by atoms with van der Waals surface area (Å²) in [5.41, 5.74) is 8.33. The third kappa shape index (κ3) is 3.23. The number of rotatable bonds is 3. The molecule has 21 heavy (non-hydrogen) atoms. The molecule has 1 aromatic rings. The summed E-state index contributed by atoms with van der Waals surface area (Å²) in [4.78, 5) is 0. The minimum Gasteiger partial charge on any atom is -0.493 e. The highest BCUT2D eigenvalue weighted by atomic mass is 16.5. The molecular formula is C17H27N3O. The van der Waals surface area contributed by atoms with E-state index in [1.54, 1.807) is 0 Å². The molecule has 3 atom stereocenters. The number of hydrogen-bond donors (Lipinski definition) is 3. The van der Waals surface area contributed by atoms with Crippen molar-refractivity contribution in [3.8, 4) is 5.75 Å². The fourth-order valence-electron chi connectivity index (χ4n) is 3.50. The fraction of sp³-hybridized carbons (Fsp3) is 0.647. The van der Waals surface area contributed by atoms with Gasteiger partial charge in [0.25, 0.3) is 0 Å². The average molecular weight is 289 g/mol. The second-order valence-electron chi connectivity index (χ2n) is 7.26. The maximum atomic E-state index is 5.74. The molecule has 3 rings (SSSR count). The number of para-hydroxylation sites is 1. The zero-order chi connectivity index (χ0) is 14.9. The minimum absolute atomic E-state index is 0.267. The Hall–Kier alpha value is -1.10. The van der Waals surface area contributed by atoms with Crippen LogP contribution in [0.25, 0.3) is 0 Å². The molecule has 116 valence electrons. The van der Waals surface area contributed by atoms with E-state index in [-0.39, 0.29) is 5.41 Å². The van der Waals surface area contributed by atoms with E-state index in [1.807, 2.05) is 6.07 Å². The van der Waals surface area contributed by atoms with Crippen LogP contribution >= 0.6 is 0 Å². The average Bonchev–Trinajstić information content (AvgIpc) is 2.93. The molecule has 0 aliphatic carbocycles. The quantitative estimate of drug-likeness (QED) is 0.798. The fourth-order valence-corrected chi connectivity index (χ4v) is 3.50. The van der Waals surface area contributed by atoms with Gasteiger partial charge in [-0.1, -0.05) is 39.0 Å². The Morgan fingerprint density at radius 1 is 1.29 bits per heavy atom. The van der Waals surface area contributed by atoms with E-state index in [0.29, 0.717) is 18.0 Å². The summed E-state index contributed by atoms with van der Waals surface area (Å²) in [6.45, 7) is 9.76. The van der Waals surface area contributed by atoms with Crippen LogP contribution in [-0.4, -0.2) is 25.7 Å². The van der Waals surface area contributed by atoms with Gasteiger partial charge in [-0.3, -0.25) is 10.9 Å². The Morgan fingerprint density at radius 2 is 2.10 bits per heavy atom. The topological polar surface area (TPSA) is 45.3 Å². The van der Waals surface area contributed by atoms with E-state index in [1.165, 1.54) is 5.56 Å². The van der Waals surface area contributed by atoms with Crippen LogP contribution in [0.15, 0.2) is 24.3 Å². The van der Waals surface area contributed by atoms with E-state index >= 15 is 0 Å². The van der Waals surface area contributed by atoms with E-state index in [0.717, 1.165) is 31.9 Å². The van der Waals surface area contributed by atoms with Crippen molar-refractivity contribution in [3.05, 3.63) is 29.8 Å². The summed E-state index contributed by atoms with van der Waals surface area (Å²) >= 11 is 0. The number of hydrogen-bond acceptors (Lipinski definition) is 4. The standard InChI is InChI=1S/C17H27N3O/c1-17(2,3)16-12(11-19-20-16)10-18-14-8-9-21-15-7-5-4-6-13(14)15/h4-7,12,14,16,18-20H,8-11H2,1-3H3.